The molecule has 0 radical (unpaired) electrons. The van der Waals surface area contributed by atoms with Crippen LogP contribution in [0.3, 0.4) is 0 Å². The van der Waals surface area contributed by atoms with E-state index >= 15 is 0 Å². The quantitative estimate of drug-likeness (QED) is 0.162. The maximum Gasteiger partial charge on any atom is 0.145 e. The first-order valence-electron chi connectivity index (χ1n) is 18.7. The van der Waals surface area contributed by atoms with E-state index in [-0.39, 0.29) is 21.7 Å². The molecule has 0 aliphatic carbocycles. The van der Waals surface area contributed by atoms with Gasteiger partial charge in [-0.05, 0) is 94.2 Å². The molecule has 0 aliphatic heterocycles. The summed E-state index contributed by atoms with van der Waals surface area (Å²) in [6, 6.07) is 18.0. The predicted molar refractivity (Wildman–Crippen MR) is 227 cm³/mol. The number of hydrogen-bond donors (Lipinski definition) is 1. The number of nitrogen functional groups attached to an aromatic ring is 1. The minimum absolute atomic E-state index is 0.0256. The third kappa shape index (κ3) is 9.54. The highest BCUT2D eigenvalue weighted by atomic mass is 79.9. The van der Waals surface area contributed by atoms with Crippen LogP contribution in [-0.2, 0) is 40.9 Å². The number of ether oxygens (including phenoxy) is 4. The van der Waals surface area contributed by atoms with E-state index in [0.717, 1.165) is 55.1 Å². The van der Waals surface area contributed by atoms with E-state index < -0.39 is 0 Å². The van der Waals surface area contributed by atoms with Gasteiger partial charge in [-0.25, -0.2) is 0 Å². The van der Waals surface area contributed by atoms with Crippen LogP contribution in [0.15, 0.2) is 53.0 Å². The Hall–Kier alpha value is -3.64. The molecule has 53 heavy (non-hydrogen) atoms. The van der Waals surface area contributed by atoms with Crippen molar-refractivity contribution in [2.75, 3.05) is 34.2 Å². The van der Waals surface area contributed by atoms with Gasteiger partial charge in [0, 0.05) is 30.4 Å². The van der Waals surface area contributed by atoms with Gasteiger partial charge in [0.05, 0.1) is 38.6 Å². The fourth-order valence-electron chi connectivity index (χ4n) is 7.01. The lowest BCUT2D eigenvalue weighted by Crippen LogP contribution is -2.16. The molecule has 0 saturated heterocycles. The van der Waals surface area contributed by atoms with Crippen molar-refractivity contribution in [3.8, 4) is 23.0 Å². The fraction of sp³-hybridized carbons (Fsp3) is 0.489. The lowest BCUT2D eigenvalue weighted by Gasteiger charge is -2.27. The Morgan fingerprint density at radius 2 is 0.642 bits per heavy atom. The molecule has 0 aromatic heterocycles. The minimum Gasteiger partial charge on any atom is -0.496 e. The van der Waals surface area contributed by atoms with Crippen LogP contribution in [0.2, 0.25) is 0 Å². The summed E-state index contributed by atoms with van der Waals surface area (Å²) in [6.07, 6.45) is 1.90. The maximum absolute atomic E-state index is 6.61. The summed E-state index contributed by atoms with van der Waals surface area (Å²) >= 11 is 3.81. The normalized spacial score (nSPS) is 12.5. The van der Waals surface area contributed by atoms with Gasteiger partial charge in [0.25, 0.3) is 0 Å². The van der Waals surface area contributed by atoms with Gasteiger partial charge >= 0.3 is 0 Å². The van der Waals surface area contributed by atoms with Crippen LogP contribution >= 0.6 is 15.9 Å². The van der Waals surface area contributed by atoms with Gasteiger partial charge in [-0.2, -0.15) is 0 Å². The number of benzene rings is 4. The van der Waals surface area contributed by atoms with E-state index in [1.807, 2.05) is 6.07 Å². The number of nitrogens with two attached hydrogens (primary N) is 1. The van der Waals surface area contributed by atoms with Gasteiger partial charge in [-0.15, -0.1) is 0 Å². The molecule has 4 aromatic rings. The van der Waals surface area contributed by atoms with Crippen LogP contribution in [-0.4, -0.2) is 28.4 Å². The van der Waals surface area contributed by atoms with Crippen molar-refractivity contribution in [2.24, 2.45) is 0 Å². The lowest BCUT2D eigenvalue weighted by molar-refractivity contribution is 0.397. The molecule has 4 rings (SSSR count). The second-order valence-electron chi connectivity index (χ2n) is 18.6. The topological polar surface area (TPSA) is 62.9 Å². The van der Waals surface area contributed by atoms with Crippen molar-refractivity contribution in [1.82, 2.24) is 0 Å². The lowest BCUT2D eigenvalue weighted by atomic mass is 9.80. The van der Waals surface area contributed by atoms with Crippen molar-refractivity contribution in [2.45, 2.75) is 124 Å². The molecular formula is C47H64BrNO4. The summed E-state index contributed by atoms with van der Waals surface area (Å²) in [7, 11) is 6.99. The average molecular weight is 787 g/mol. The van der Waals surface area contributed by atoms with Crippen molar-refractivity contribution >= 4 is 21.6 Å². The second kappa shape index (κ2) is 15.6. The Labute approximate surface area is 329 Å². The zero-order valence-electron chi connectivity index (χ0n) is 35.3. The summed E-state index contributed by atoms with van der Waals surface area (Å²) in [4.78, 5) is 0. The van der Waals surface area contributed by atoms with Crippen LogP contribution < -0.4 is 24.7 Å². The minimum atomic E-state index is -0.101. The van der Waals surface area contributed by atoms with E-state index in [1.165, 1.54) is 22.3 Å². The number of anilines is 1. The van der Waals surface area contributed by atoms with E-state index in [9.17, 15) is 0 Å². The predicted octanol–water partition coefficient (Wildman–Crippen LogP) is 12.0. The van der Waals surface area contributed by atoms with Gasteiger partial charge in [0.1, 0.15) is 23.0 Å². The first-order valence-corrected chi connectivity index (χ1v) is 19.5. The van der Waals surface area contributed by atoms with E-state index in [2.05, 4.69) is 141 Å². The van der Waals surface area contributed by atoms with E-state index in [4.69, 9.17) is 24.7 Å². The smallest absolute Gasteiger partial charge is 0.145 e. The third-order valence-corrected chi connectivity index (χ3v) is 10.8. The molecule has 4 aromatic carbocycles. The molecule has 5 nitrogen and oxygen atoms in total. The molecule has 0 aliphatic rings. The molecule has 0 atom stereocenters. The monoisotopic (exact) mass is 785 g/mol. The van der Waals surface area contributed by atoms with Crippen LogP contribution in [0.25, 0.3) is 0 Å². The first-order chi connectivity index (χ1) is 24.4. The molecular weight excluding hydrogens is 722 g/mol. The maximum atomic E-state index is 6.61. The molecule has 0 bridgehead atoms. The van der Waals surface area contributed by atoms with Crippen molar-refractivity contribution < 1.29 is 18.9 Å². The molecule has 0 fully saturated rings. The molecule has 0 unspecified atom stereocenters. The largest absolute Gasteiger partial charge is 0.496 e. The number of methoxy groups -OCH3 is 4. The zero-order chi connectivity index (χ0) is 39.8. The summed E-state index contributed by atoms with van der Waals surface area (Å²) < 4.78 is 25.5. The van der Waals surface area contributed by atoms with Crippen molar-refractivity contribution in [3.05, 3.63) is 109 Å². The summed E-state index contributed by atoms with van der Waals surface area (Å²) in [6.45, 7) is 26.9. The standard InChI is InChI=1S/C47H64BrNO4/c1-44(2,3)34-20-28(40(50-13)30(22-34)18-32-24-36(46(7,8)9)26-38(48)42(32)52-15)17-29-21-35(45(4,5)6)23-31(41(29)51-14)19-33-25-37(47(10,11)12)27-39(49)43(33)53-16/h20-27H,17-19,49H2,1-16H3. The van der Waals surface area contributed by atoms with Gasteiger partial charge in [0.15, 0.2) is 0 Å². The SMILES string of the molecule is COc1c(N)cc(C(C)(C)C)cc1Cc1cc(C(C)(C)C)cc(Cc2cc(C(C)(C)C)cc(Cc3cc(C(C)(C)C)cc(Br)c3OC)c2OC)c1OC. The fourth-order valence-corrected chi connectivity index (χ4v) is 7.67. The summed E-state index contributed by atoms with van der Waals surface area (Å²) in [5.74, 6) is 3.31. The molecule has 0 spiro atoms. The highest BCUT2D eigenvalue weighted by Crippen LogP contribution is 2.43. The molecule has 0 amide bonds. The molecule has 288 valence electrons. The first kappa shape index (κ1) is 42.1. The number of rotatable bonds is 10. The Morgan fingerprint density at radius 3 is 0.925 bits per heavy atom. The summed E-state index contributed by atoms with van der Waals surface area (Å²) in [5, 5.41) is 0. The Kier molecular flexibility index (Phi) is 12.4. The third-order valence-electron chi connectivity index (χ3n) is 10.2. The van der Waals surface area contributed by atoms with E-state index in [1.54, 1.807) is 28.4 Å². The van der Waals surface area contributed by atoms with Crippen molar-refractivity contribution in [3.63, 3.8) is 0 Å². The van der Waals surface area contributed by atoms with Gasteiger partial charge < -0.3 is 24.7 Å². The van der Waals surface area contributed by atoms with Crippen LogP contribution in [0.5, 0.6) is 23.0 Å². The number of halogens is 1. The molecule has 0 saturated carbocycles. The van der Waals surface area contributed by atoms with Gasteiger partial charge in [-0.1, -0.05) is 119 Å². The Balaban J connectivity index is 1.97. The number of hydrogen-bond acceptors (Lipinski definition) is 5. The van der Waals surface area contributed by atoms with Gasteiger partial charge in [-0.3, -0.25) is 0 Å². The highest BCUT2D eigenvalue weighted by Gasteiger charge is 2.27. The Morgan fingerprint density at radius 1 is 0.396 bits per heavy atom. The molecule has 0 heterocycles. The van der Waals surface area contributed by atoms with Crippen LogP contribution in [0.4, 0.5) is 5.69 Å². The molecule has 2 N–H and O–H groups in total. The van der Waals surface area contributed by atoms with Gasteiger partial charge in [0.2, 0.25) is 0 Å². The van der Waals surface area contributed by atoms with Crippen LogP contribution in [0, 0.1) is 0 Å². The average Bonchev–Trinajstić information content (AvgIpc) is 3.02. The second-order valence-corrected chi connectivity index (χ2v) is 19.4. The molecule has 6 heteroatoms. The Bertz CT molecular complexity index is 1810. The highest BCUT2D eigenvalue weighted by molar-refractivity contribution is 9.10. The van der Waals surface area contributed by atoms with Crippen molar-refractivity contribution in [1.29, 1.82) is 0 Å². The summed E-state index contributed by atoms with van der Waals surface area (Å²) in [5.41, 5.74) is 18.5. The zero-order valence-corrected chi connectivity index (χ0v) is 36.9. The van der Waals surface area contributed by atoms with Crippen LogP contribution in [0.1, 0.15) is 139 Å². The van der Waals surface area contributed by atoms with E-state index in [0.29, 0.717) is 30.7 Å².